The van der Waals surface area contributed by atoms with Crippen LogP contribution in [-0.4, -0.2) is 65.3 Å². The Balaban J connectivity index is 1.26. The number of anilines is 1. The Bertz CT molecular complexity index is 1120. The van der Waals surface area contributed by atoms with Crippen LogP contribution in [0.1, 0.15) is 36.8 Å². The summed E-state index contributed by atoms with van der Waals surface area (Å²) in [5.41, 5.74) is 3.61. The molecule has 5 rings (SSSR count). The Kier molecular flexibility index (Phi) is 8.23. The van der Waals surface area contributed by atoms with Gasteiger partial charge in [0.2, 0.25) is 10.0 Å². The number of benzene rings is 2. The zero-order valence-electron chi connectivity index (χ0n) is 21.1. The first-order chi connectivity index (χ1) is 17.5. The highest BCUT2D eigenvalue weighted by Gasteiger charge is 2.37. The fourth-order valence-electron chi connectivity index (χ4n) is 6.14. The van der Waals surface area contributed by atoms with Crippen molar-refractivity contribution in [2.75, 3.05) is 51.4 Å². The number of fused-ring (bicyclic) bond motifs is 1. The second-order valence-corrected chi connectivity index (χ2v) is 12.7. The third kappa shape index (κ3) is 5.46. The van der Waals surface area contributed by atoms with E-state index >= 15 is 0 Å². The Morgan fingerprint density at radius 2 is 1.64 bits per heavy atom. The number of ether oxygens (including phenoxy) is 2. The number of para-hydroxylation sites is 1. The summed E-state index contributed by atoms with van der Waals surface area (Å²) in [7, 11) is -1.97. The van der Waals surface area contributed by atoms with Gasteiger partial charge in [-0.1, -0.05) is 41.9 Å². The van der Waals surface area contributed by atoms with Gasteiger partial charge in [0.05, 0.1) is 16.8 Å². The van der Waals surface area contributed by atoms with Crippen LogP contribution in [0, 0.1) is 11.8 Å². The second kappa shape index (κ2) is 11.4. The minimum absolute atomic E-state index is 0.0991. The van der Waals surface area contributed by atoms with Crippen LogP contribution in [0.5, 0.6) is 0 Å². The van der Waals surface area contributed by atoms with Crippen molar-refractivity contribution >= 4 is 27.3 Å². The van der Waals surface area contributed by atoms with Crippen LogP contribution in [0.3, 0.4) is 0 Å². The third-order valence-corrected chi connectivity index (χ3v) is 10.3. The monoisotopic (exact) mass is 532 g/mol. The van der Waals surface area contributed by atoms with Gasteiger partial charge in [0.15, 0.2) is 0 Å². The standard InChI is InChI=1S/C28H37ClN2O4S/c1-34-16-5-17-35-25-11-14-31(15-12-25)36(32,33)27-9-4-8-26(29)28(27)30-13-10-23(20-30)24-18-21-6-2-3-7-22(21)19-24/h2-4,6-9,23-25H,5,10-20H2,1H3. The van der Waals surface area contributed by atoms with E-state index in [1.54, 1.807) is 23.5 Å². The van der Waals surface area contributed by atoms with E-state index in [4.69, 9.17) is 21.1 Å². The molecule has 0 saturated carbocycles. The molecule has 2 heterocycles. The smallest absolute Gasteiger partial charge is 0.245 e. The van der Waals surface area contributed by atoms with E-state index in [1.807, 2.05) is 6.07 Å². The molecular formula is C28H37ClN2O4S. The largest absolute Gasteiger partial charge is 0.385 e. The second-order valence-electron chi connectivity index (χ2n) is 10.3. The van der Waals surface area contributed by atoms with E-state index in [0.29, 0.717) is 66.6 Å². The zero-order chi connectivity index (χ0) is 25.1. The van der Waals surface area contributed by atoms with Crippen molar-refractivity contribution in [2.45, 2.75) is 49.5 Å². The van der Waals surface area contributed by atoms with Crippen molar-refractivity contribution in [3.8, 4) is 0 Å². The molecule has 196 valence electrons. The summed E-state index contributed by atoms with van der Waals surface area (Å²) in [6.45, 7) is 3.93. The van der Waals surface area contributed by atoms with Gasteiger partial charge in [-0.3, -0.25) is 0 Å². The van der Waals surface area contributed by atoms with Gasteiger partial charge in [0.1, 0.15) is 4.90 Å². The SMILES string of the molecule is COCCCOC1CCN(S(=O)(=O)c2cccc(Cl)c2N2CCC(C3Cc4ccccc4C3)C2)CC1. The van der Waals surface area contributed by atoms with Crippen molar-refractivity contribution in [1.82, 2.24) is 4.31 Å². The minimum atomic E-state index is -3.65. The fourth-order valence-corrected chi connectivity index (χ4v) is 8.20. The number of hydrogen-bond donors (Lipinski definition) is 0. The van der Waals surface area contributed by atoms with Crippen LogP contribution in [0.15, 0.2) is 47.4 Å². The molecule has 1 atom stereocenters. The Hall–Kier alpha value is -1.64. The summed E-state index contributed by atoms with van der Waals surface area (Å²) in [4.78, 5) is 2.55. The molecule has 8 heteroatoms. The Morgan fingerprint density at radius 1 is 0.917 bits per heavy atom. The molecular weight excluding hydrogens is 496 g/mol. The molecule has 2 fully saturated rings. The molecule has 0 amide bonds. The van der Waals surface area contributed by atoms with Gasteiger partial charge in [-0.2, -0.15) is 4.31 Å². The quantitative estimate of drug-likeness (QED) is 0.435. The number of nitrogens with zero attached hydrogens (tertiary/aromatic N) is 2. The number of methoxy groups -OCH3 is 1. The topological polar surface area (TPSA) is 59.1 Å². The van der Waals surface area contributed by atoms with E-state index in [-0.39, 0.29) is 6.10 Å². The first kappa shape index (κ1) is 26.0. The first-order valence-electron chi connectivity index (χ1n) is 13.2. The number of rotatable bonds is 9. The lowest BCUT2D eigenvalue weighted by molar-refractivity contribution is 0.0121. The molecule has 0 bridgehead atoms. The van der Waals surface area contributed by atoms with Crippen LogP contribution in [-0.2, 0) is 32.3 Å². The minimum Gasteiger partial charge on any atom is -0.385 e. The van der Waals surface area contributed by atoms with Gasteiger partial charge in [0, 0.05) is 46.5 Å². The molecule has 2 aromatic carbocycles. The lowest BCUT2D eigenvalue weighted by Gasteiger charge is -2.33. The molecule has 0 aromatic heterocycles. The van der Waals surface area contributed by atoms with Gasteiger partial charge in [-0.05, 0) is 73.6 Å². The average molecular weight is 533 g/mol. The number of hydrogen-bond acceptors (Lipinski definition) is 5. The highest BCUT2D eigenvalue weighted by molar-refractivity contribution is 7.89. The number of halogens is 1. The van der Waals surface area contributed by atoms with Crippen molar-refractivity contribution in [2.24, 2.45) is 11.8 Å². The normalized spacial score (nSPS) is 21.8. The maximum absolute atomic E-state index is 13.8. The summed E-state index contributed by atoms with van der Waals surface area (Å²) in [5, 5.41) is 0.516. The molecule has 3 aliphatic rings. The zero-order valence-corrected chi connectivity index (χ0v) is 22.6. The summed E-state index contributed by atoms with van der Waals surface area (Å²) in [5.74, 6) is 1.15. The van der Waals surface area contributed by atoms with Crippen molar-refractivity contribution < 1.29 is 17.9 Å². The highest BCUT2D eigenvalue weighted by atomic mass is 35.5. The van der Waals surface area contributed by atoms with E-state index in [0.717, 1.165) is 38.8 Å². The van der Waals surface area contributed by atoms with E-state index in [9.17, 15) is 8.42 Å². The molecule has 2 aliphatic heterocycles. The van der Waals surface area contributed by atoms with Gasteiger partial charge in [-0.15, -0.1) is 0 Å². The van der Waals surface area contributed by atoms with Gasteiger partial charge < -0.3 is 14.4 Å². The summed E-state index contributed by atoms with van der Waals surface area (Å²) in [6, 6.07) is 14.0. The molecule has 6 nitrogen and oxygen atoms in total. The molecule has 1 unspecified atom stereocenters. The molecule has 0 radical (unpaired) electrons. The molecule has 0 N–H and O–H groups in total. The summed E-state index contributed by atoms with van der Waals surface area (Å²) >= 11 is 6.69. The predicted octanol–water partition coefficient (Wildman–Crippen LogP) is 4.79. The average Bonchev–Trinajstić information content (AvgIpc) is 3.54. The molecule has 36 heavy (non-hydrogen) atoms. The van der Waals surface area contributed by atoms with Crippen molar-refractivity contribution in [3.63, 3.8) is 0 Å². The van der Waals surface area contributed by atoms with E-state index in [1.165, 1.54) is 11.1 Å². The predicted molar refractivity (Wildman–Crippen MR) is 143 cm³/mol. The van der Waals surface area contributed by atoms with Crippen LogP contribution in [0.4, 0.5) is 5.69 Å². The molecule has 2 saturated heterocycles. The molecule has 0 spiro atoms. The van der Waals surface area contributed by atoms with E-state index < -0.39 is 10.0 Å². The molecule has 2 aromatic rings. The lowest BCUT2D eigenvalue weighted by Crippen LogP contribution is -2.41. The van der Waals surface area contributed by atoms with E-state index in [2.05, 4.69) is 29.2 Å². The van der Waals surface area contributed by atoms with Crippen LogP contribution >= 0.6 is 11.6 Å². The van der Waals surface area contributed by atoms with Crippen LogP contribution in [0.2, 0.25) is 5.02 Å². The fraction of sp³-hybridized carbons (Fsp3) is 0.571. The maximum atomic E-state index is 13.8. The first-order valence-corrected chi connectivity index (χ1v) is 15.0. The van der Waals surface area contributed by atoms with Crippen molar-refractivity contribution in [3.05, 3.63) is 58.6 Å². The highest BCUT2D eigenvalue weighted by Crippen LogP contribution is 2.41. The van der Waals surface area contributed by atoms with Gasteiger partial charge in [0.25, 0.3) is 0 Å². The van der Waals surface area contributed by atoms with Crippen LogP contribution < -0.4 is 4.90 Å². The summed E-state index contributed by atoms with van der Waals surface area (Å²) in [6.07, 6.45) is 5.66. The van der Waals surface area contributed by atoms with Gasteiger partial charge in [-0.25, -0.2) is 8.42 Å². The van der Waals surface area contributed by atoms with Crippen molar-refractivity contribution in [1.29, 1.82) is 0 Å². The van der Waals surface area contributed by atoms with Gasteiger partial charge >= 0.3 is 0 Å². The Morgan fingerprint density at radius 3 is 2.33 bits per heavy atom. The number of piperidine rings is 1. The lowest BCUT2D eigenvalue weighted by atomic mass is 9.89. The summed E-state index contributed by atoms with van der Waals surface area (Å²) < 4.78 is 40.2. The van der Waals surface area contributed by atoms with Crippen LogP contribution in [0.25, 0.3) is 0 Å². The Labute approximate surface area is 220 Å². The number of sulfonamides is 1. The molecule has 1 aliphatic carbocycles. The third-order valence-electron chi connectivity index (χ3n) is 8.11. The maximum Gasteiger partial charge on any atom is 0.245 e.